The topological polar surface area (TPSA) is 43.9 Å². The molecule has 190 valence electrons. The maximum Gasteiger partial charge on any atom is 0.223 e. The highest BCUT2D eigenvalue weighted by Gasteiger charge is 2.32. The van der Waals surface area contributed by atoms with Crippen LogP contribution in [-0.2, 0) is 16.0 Å². The predicted molar refractivity (Wildman–Crippen MR) is 144 cm³/mol. The first-order chi connectivity index (χ1) is 17.0. The second-order valence-corrected chi connectivity index (χ2v) is 11.2. The van der Waals surface area contributed by atoms with Crippen molar-refractivity contribution in [1.82, 2.24) is 14.7 Å². The molecular formula is C29H41N3O2S. The van der Waals surface area contributed by atoms with Gasteiger partial charge in [-0.25, -0.2) is 0 Å². The van der Waals surface area contributed by atoms with E-state index in [9.17, 15) is 9.59 Å². The Morgan fingerprint density at radius 1 is 0.971 bits per heavy atom. The van der Waals surface area contributed by atoms with Crippen LogP contribution >= 0.6 is 11.3 Å². The van der Waals surface area contributed by atoms with Gasteiger partial charge < -0.3 is 9.80 Å². The number of hydrogen-bond donors (Lipinski definition) is 0. The molecule has 3 heterocycles. The van der Waals surface area contributed by atoms with Gasteiger partial charge >= 0.3 is 0 Å². The number of benzene rings is 1. The lowest BCUT2D eigenvalue weighted by molar-refractivity contribution is -0.142. The molecule has 2 atom stereocenters. The van der Waals surface area contributed by atoms with E-state index in [0.29, 0.717) is 32.5 Å². The summed E-state index contributed by atoms with van der Waals surface area (Å²) >= 11 is 1.85. The molecule has 0 radical (unpaired) electrons. The van der Waals surface area contributed by atoms with E-state index in [1.165, 1.54) is 34.4 Å². The number of thiophene rings is 1. The van der Waals surface area contributed by atoms with E-state index in [-0.39, 0.29) is 23.9 Å². The summed E-state index contributed by atoms with van der Waals surface area (Å²) in [6, 6.07) is 11.2. The molecule has 0 unspecified atom stereocenters. The molecule has 0 N–H and O–H groups in total. The van der Waals surface area contributed by atoms with Gasteiger partial charge in [-0.1, -0.05) is 50.5 Å². The largest absolute Gasteiger partial charge is 0.339 e. The van der Waals surface area contributed by atoms with Crippen LogP contribution in [0, 0.1) is 6.92 Å². The van der Waals surface area contributed by atoms with Gasteiger partial charge in [-0.2, -0.15) is 0 Å². The Kier molecular flexibility index (Phi) is 9.01. The van der Waals surface area contributed by atoms with Crippen molar-refractivity contribution in [2.45, 2.75) is 77.8 Å². The number of hydrogen-bond acceptors (Lipinski definition) is 4. The summed E-state index contributed by atoms with van der Waals surface area (Å²) in [5, 5.41) is 2.20. The standard InChI is InChI=1S/C29H41N3O2S/c1-4-5-6-7-12-28(34)32-19-18-31(21-23(32)3)27(33)14-17-30-16-13-26-25(15-20-35-26)29(30)24-11-9-8-10-22(24)2/h8-11,15,20,23,29H,4-7,12-14,16-19,21H2,1-3H3/t23-,29+/m0/s1. The Labute approximate surface area is 215 Å². The molecule has 1 aromatic carbocycles. The van der Waals surface area contributed by atoms with Gasteiger partial charge in [0.15, 0.2) is 0 Å². The van der Waals surface area contributed by atoms with Crippen molar-refractivity contribution >= 4 is 23.2 Å². The third-order valence-corrected chi connectivity index (χ3v) is 8.70. The smallest absolute Gasteiger partial charge is 0.223 e. The SMILES string of the molecule is CCCCCCC(=O)N1CCN(C(=O)CCN2CCc3sccc3[C@H]2c2ccccc2C)C[C@@H]1C. The van der Waals surface area contributed by atoms with Crippen LogP contribution in [0.25, 0.3) is 0 Å². The summed E-state index contributed by atoms with van der Waals surface area (Å²) in [5.41, 5.74) is 4.05. The van der Waals surface area contributed by atoms with Gasteiger partial charge in [-0.05, 0) is 54.8 Å². The van der Waals surface area contributed by atoms with Crippen molar-refractivity contribution in [3.8, 4) is 0 Å². The van der Waals surface area contributed by atoms with Crippen LogP contribution in [0.4, 0.5) is 0 Å². The van der Waals surface area contributed by atoms with E-state index in [1.54, 1.807) is 0 Å². The van der Waals surface area contributed by atoms with E-state index in [2.05, 4.69) is 61.4 Å². The number of unbranched alkanes of at least 4 members (excludes halogenated alkanes) is 3. The van der Waals surface area contributed by atoms with Gasteiger partial charge in [-0.15, -0.1) is 11.3 Å². The highest BCUT2D eigenvalue weighted by atomic mass is 32.1. The summed E-state index contributed by atoms with van der Waals surface area (Å²) in [5.74, 6) is 0.466. The molecule has 0 saturated carbocycles. The van der Waals surface area contributed by atoms with Crippen LogP contribution in [0.2, 0.25) is 0 Å². The van der Waals surface area contributed by atoms with Crippen molar-refractivity contribution in [3.63, 3.8) is 0 Å². The fraction of sp³-hybridized carbons (Fsp3) is 0.586. The fourth-order valence-corrected chi connectivity index (χ4v) is 6.57. The second kappa shape index (κ2) is 12.2. The predicted octanol–water partition coefficient (Wildman–Crippen LogP) is 5.42. The molecule has 1 saturated heterocycles. The van der Waals surface area contributed by atoms with Gasteiger partial charge in [0.25, 0.3) is 0 Å². The average molecular weight is 496 g/mol. The molecule has 2 aliphatic heterocycles. The van der Waals surface area contributed by atoms with Crippen LogP contribution in [0.5, 0.6) is 0 Å². The lowest BCUT2D eigenvalue weighted by Gasteiger charge is -2.41. The van der Waals surface area contributed by atoms with E-state index < -0.39 is 0 Å². The summed E-state index contributed by atoms with van der Waals surface area (Å²) in [4.78, 5) is 33.8. The van der Waals surface area contributed by atoms with E-state index >= 15 is 0 Å². The Morgan fingerprint density at radius 3 is 2.57 bits per heavy atom. The zero-order chi connectivity index (χ0) is 24.8. The lowest BCUT2D eigenvalue weighted by atomic mass is 9.90. The Balaban J connectivity index is 1.33. The first-order valence-electron chi connectivity index (χ1n) is 13.4. The minimum absolute atomic E-state index is 0.0921. The monoisotopic (exact) mass is 495 g/mol. The number of rotatable bonds is 9. The summed E-state index contributed by atoms with van der Waals surface area (Å²) in [7, 11) is 0. The normalized spacial score (nSPS) is 20.7. The number of fused-ring (bicyclic) bond motifs is 1. The van der Waals surface area contributed by atoms with Crippen LogP contribution in [0.15, 0.2) is 35.7 Å². The molecule has 0 aliphatic carbocycles. The molecule has 2 aromatic rings. The molecule has 2 aliphatic rings. The molecule has 0 bridgehead atoms. The molecule has 5 nitrogen and oxygen atoms in total. The highest BCUT2D eigenvalue weighted by molar-refractivity contribution is 7.10. The van der Waals surface area contributed by atoms with Gasteiger partial charge in [0.1, 0.15) is 0 Å². The van der Waals surface area contributed by atoms with E-state index in [1.807, 2.05) is 21.1 Å². The van der Waals surface area contributed by atoms with Crippen molar-refractivity contribution in [1.29, 1.82) is 0 Å². The van der Waals surface area contributed by atoms with Gasteiger partial charge in [0.05, 0.1) is 6.04 Å². The third-order valence-electron chi connectivity index (χ3n) is 7.71. The van der Waals surface area contributed by atoms with Gasteiger partial charge in [0, 0.05) is 56.5 Å². The molecular weight excluding hydrogens is 454 g/mol. The first kappa shape index (κ1) is 25.9. The molecule has 4 rings (SSSR count). The van der Waals surface area contributed by atoms with E-state index in [0.717, 1.165) is 32.4 Å². The van der Waals surface area contributed by atoms with E-state index in [4.69, 9.17) is 0 Å². The molecule has 0 spiro atoms. The molecule has 2 amide bonds. The summed E-state index contributed by atoms with van der Waals surface area (Å²) < 4.78 is 0. The van der Waals surface area contributed by atoms with Crippen molar-refractivity contribution in [3.05, 3.63) is 57.3 Å². The van der Waals surface area contributed by atoms with Crippen LogP contribution < -0.4 is 0 Å². The number of nitrogens with zero attached hydrogens (tertiary/aromatic N) is 3. The highest BCUT2D eigenvalue weighted by Crippen LogP contribution is 2.38. The minimum Gasteiger partial charge on any atom is -0.339 e. The van der Waals surface area contributed by atoms with Crippen molar-refractivity contribution < 1.29 is 9.59 Å². The zero-order valence-electron chi connectivity index (χ0n) is 21.7. The Morgan fingerprint density at radius 2 is 1.80 bits per heavy atom. The minimum atomic E-state index is 0.0921. The number of carbonyl (C=O) groups excluding carboxylic acids is 2. The quantitative estimate of drug-likeness (QED) is 0.436. The maximum absolute atomic E-state index is 13.2. The van der Waals surface area contributed by atoms with Crippen molar-refractivity contribution in [2.24, 2.45) is 0 Å². The average Bonchev–Trinajstić information content (AvgIpc) is 3.34. The van der Waals surface area contributed by atoms with Crippen LogP contribution in [0.1, 0.15) is 80.0 Å². The van der Waals surface area contributed by atoms with Crippen LogP contribution in [-0.4, -0.2) is 65.3 Å². The molecule has 1 aromatic heterocycles. The number of piperazine rings is 1. The zero-order valence-corrected chi connectivity index (χ0v) is 22.5. The molecule has 35 heavy (non-hydrogen) atoms. The molecule has 1 fully saturated rings. The molecule has 6 heteroatoms. The van der Waals surface area contributed by atoms with Crippen molar-refractivity contribution in [2.75, 3.05) is 32.7 Å². The number of amides is 2. The van der Waals surface area contributed by atoms with Crippen LogP contribution in [0.3, 0.4) is 0 Å². The second-order valence-electron chi connectivity index (χ2n) is 10.2. The number of carbonyl (C=O) groups is 2. The maximum atomic E-state index is 13.2. The third kappa shape index (κ3) is 6.15. The lowest BCUT2D eigenvalue weighted by Crippen LogP contribution is -2.55. The van der Waals surface area contributed by atoms with Gasteiger partial charge in [0.2, 0.25) is 11.8 Å². The van der Waals surface area contributed by atoms with Gasteiger partial charge in [-0.3, -0.25) is 14.5 Å². The Hall–Kier alpha value is -2.18. The number of aryl methyl sites for hydroxylation is 1. The Bertz CT molecular complexity index is 1000. The fourth-order valence-electron chi connectivity index (χ4n) is 5.67. The summed E-state index contributed by atoms with van der Waals surface area (Å²) in [6.07, 6.45) is 6.70. The summed E-state index contributed by atoms with van der Waals surface area (Å²) in [6.45, 7) is 10.2. The first-order valence-corrected chi connectivity index (χ1v) is 14.3.